The minimum Gasteiger partial charge on any atom is -0.493 e. The molecule has 2 aromatic rings. The van der Waals surface area contributed by atoms with Crippen LogP contribution in [0.25, 0.3) is 11.1 Å². The van der Waals surface area contributed by atoms with Crippen molar-refractivity contribution < 1.29 is 27.9 Å². The van der Waals surface area contributed by atoms with E-state index in [1.807, 2.05) is 12.1 Å². The summed E-state index contributed by atoms with van der Waals surface area (Å²) in [6.07, 6.45) is 2.62. The number of hydrogen-bond acceptors (Lipinski definition) is 6. The molecule has 8 heteroatoms. The predicted octanol–water partition coefficient (Wildman–Crippen LogP) is 3.58. The minimum atomic E-state index is -0.250. The average Bonchev–Trinajstić information content (AvgIpc) is 2.95. The lowest BCUT2D eigenvalue weighted by atomic mass is 9.96. The molecular formula is C20H23F2NO5. The molecule has 2 aromatic carbocycles. The fraction of sp³-hybridized carbons (Fsp3) is 0.350. The Hall–Kier alpha value is -2.87. The summed E-state index contributed by atoms with van der Waals surface area (Å²) in [5, 5.41) is 0. The van der Waals surface area contributed by atoms with Crippen LogP contribution in [0.3, 0.4) is 0 Å². The van der Waals surface area contributed by atoms with E-state index < -0.39 is 0 Å². The second-order valence-corrected chi connectivity index (χ2v) is 5.95. The van der Waals surface area contributed by atoms with Gasteiger partial charge in [0.2, 0.25) is 11.2 Å². The number of ether oxygens (including phenoxy) is 4. The van der Waals surface area contributed by atoms with Crippen LogP contribution in [0.1, 0.15) is 17.5 Å². The molecule has 0 atom stereocenters. The van der Waals surface area contributed by atoms with Gasteiger partial charge in [0.25, 0.3) is 0 Å². The third kappa shape index (κ3) is 4.17. The van der Waals surface area contributed by atoms with Gasteiger partial charge in [-0.3, -0.25) is 4.79 Å². The van der Waals surface area contributed by atoms with E-state index in [9.17, 15) is 13.8 Å². The first-order valence-corrected chi connectivity index (χ1v) is 8.55. The molecule has 0 amide bonds. The fourth-order valence-electron chi connectivity index (χ4n) is 3.44. The van der Waals surface area contributed by atoms with Crippen LogP contribution in [0.2, 0.25) is 0 Å². The molecule has 6 nitrogen and oxygen atoms in total. The third-order valence-corrected chi connectivity index (χ3v) is 4.59. The Morgan fingerprint density at radius 3 is 2.00 bits per heavy atom. The van der Waals surface area contributed by atoms with Crippen LogP contribution in [0.15, 0.2) is 29.1 Å². The van der Waals surface area contributed by atoms with Crippen LogP contribution in [0, 0.1) is 0 Å². The molecular weight excluding hydrogens is 372 g/mol. The number of methoxy groups -OCH3 is 4. The summed E-state index contributed by atoms with van der Waals surface area (Å²) in [4.78, 5) is 12.3. The number of fused-ring (bicyclic) bond motifs is 3. The van der Waals surface area contributed by atoms with Gasteiger partial charge in [-0.2, -0.15) is 0 Å². The number of aryl methyl sites for hydroxylation is 2. The van der Waals surface area contributed by atoms with E-state index in [0.717, 1.165) is 41.5 Å². The molecule has 3 rings (SSSR count). The molecule has 152 valence electrons. The summed E-state index contributed by atoms with van der Waals surface area (Å²) in [6.45, 7) is 0. The summed E-state index contributed by atoms with van der Waals surface area (Å²) in [5.41, 5.74) is 3.89. The average molecular weight is 395 g/mol. The van der Waals surface area contributed by atoms with E-state index in [2.05, 4.69) is 0 Å². The molecule has 0 radical (unpaired) electrons. The number of rotatable bonds is 4. The first-order chi connectivity index (χ1) is 13.6. The van der Waals surface area contributed by atoms with Crippen molar-refractivity contribution in [2.24, 2.45) is 0 Å². The smallest absolute Gasteiger partial charge is 0.220 e. The zero-order valence-electron chi connectivity index (χ0n) is 16.2. The lowest BCUT2D eigenvalue weighted by Gasteiger charge is -2.19. The standard InChI is InChI=1S/C20H22O5.F2HN/c1-22-16-9-8-14-12(10-15(16)21)6-5-7-13-11-17(23-2)19(24-3)20(25-4)18(13)14;1-3-2/h8-11H,5-7H2,1-4H3;3H. The van der Waals surface area contributed by atoms with Crippen molar-refractivity contribution in [3.05, 3.63) is 45.6 Å². The second-order valence-electron chi connectivity index (χ2n) is 5.95. The van der Waals surface area contributed by atoms with Crippen LogP contribution in [-0.4, -0.2) is 28.4 Å². The molecule has 0 heterocycles. The normalized spacial score (nSPS) is 11.8. The Balaban J connectivity index is 0.000000878. The van der Waals surface area contributed by atoms with E-state index in [0.29, 0.717) is 23.0 Å². The van der Waals surface area contributed by atoms with Gasteiger partial charge in [0.15, 0.2) is 17.2 Å². The fourth-order valence-corrected chi connectivity index (χ4v) is 3.44. The quantitative estimate of drug-likeness (QED) is 0.799. The van der Waals surface area contributed by atoms with Crippen molar-refractivity contribution in [3.63, 3.8) is 0 Å². The molecule has 0 spiro atoms. The monoisotopic (exact) mass is 395 g/mol. The zero-order valence-corrected chi connectivity index (χ0v) is 16.2. The zero-order chi connectivity index (χ0) is 20.7. The molecule has 0 aromatic heterocycles. The topological polar surface area (TPSA) is 66.0 Å². The van der Waals surface area contributed by atoms with Gasteiger partial charge < -0.3 is 18.9 Å². The number of hydrogen-bond donors (Lipinski definition) is 1. The van der Waals surface area contributed by atoms with E-state index >= 15 is 0 Å². The Kier molecular flexibility index (Phi) is 7.57. The highest BCUT2D eigenvalue weighted by Gasteiger charge is 2.25. The van der Waals surface area contributed by atoms with Crippen LogP contribution < -0.4 is 30.1 Å². The van der Waals surface area contributed by atoms with Gasteiger partial charge in [0.05, 0.1) is 28.4 Å². The van der Waals surface area contributed by atoms with Gasteiger partial charge in [-0.15, -0.1) is 8.96 Å². The van der Waals surface area contributed by atoms with Crippen molar-refractivity contribution in [2.75, 3.05) is 28.4 Å². The van der Waals surface area contributed by atoms with Crippen molar-refractivity contribution in [3.8, 4) is 34.1 Å². The SMILES string of the molecule is COc1cc2c(c(OC)c1OC)-c1ccc(OC)c(=O)cc1CCC2.FNF. The third-order valence-electron chi connectivity index (χ3n) is 4.59. The van der Waals surface area contributed by atoms with Crippen LogP contribution in [0.5, 0.6) is 23.0 Å². The summed E-state index contributed by atoms with van der Waals surface area (Å²) < 4.78 is 40.6. The summed E-state index contributed by atoms with van der Waals surface area (Å²) in [7, 11) is 6.33. The van der Waals surface area contributed by atoms with Gasteiger partial charge >= 0.3 is 0 Å². The Morgan fingerprint density at radius 2 is 1.43 bits per heavy atom. The molecule has 0 bridgehead atoms. The van der Waals surface area contributed by atoms with E-state index in [1.165, 1.54) is 7.11 Å². The Labute approximate surface area is 161 Å². The number of halogens is 2. The number of nitrogens with one attached hydrogen (secondary N) is 1. The molecule has 28 heavy (non-hydrogen) atoms. The van der Waals surface area contributed by atoms with Gasteiger partial charge in [-0.05, 0) is 54.2 Å². The molecule has 1 aliphatic rings. The van der Waals surface area contributed by atoms with Crippen LogP contribution >= 0.6 is 0 Å². The van der Waals surface area contributed by atoms with Gasteiger partial charge in [0.1, 0.15) is 0 Å². The van der Waals surface area contributed by atoms with Gasteiger partial charge in [0, 0.05) is 11.3 Å². The molecule has 0 aliphatic heterocycles. The maximum Gasteiger partial charge on any atom is 0.220 e. The lowest BCUT2D eigenvalue weighted by Crippen LogP contribution is -2.01. The van der Waals surface area contributed by atoms with Gasteiger partial charge in [-0.1, -0.05) is 6.07 Å². The maximum absolute atomic E-state index is 12.3. The van der Waals surface area contributed by atoms with Crippen molar-refractivity contribution >= 4 is 0 Å². The molecule has 1 N–H and O–H groups in total. The van der Waals surface area contributed by atoms with Crippen LogP contribution in [-0.2, 0) is 12.8 Å². The van der Waals surface area contributed by atoms with Crippen molar-refractivity contribution in [1.29, 1.82) is 0 Å². The summed E-state index contributed by atoms with van der Waals surface area (Å²) in [6, 6.07) is 7.30. The Bertz CT molecular complexity index is 889. The molecule has 0 fully saturated rings. The van der Waals surface area contributed by atoms with Gasteiger partial charge in [-0.25, -0.2) is 0 Å². The second kappa shape index (κ2) is 9.89. The van der Waals surface area contributed by atoms with E-state index in [-0.39, 0.29) is 11.2 Å². The summed E-state index contributed by atoms with van der Waals surface area (Å²) in [5.74, 6) is 1.90. The summed E-state index contributed by atoms with van der Waals surface area (Å²) >= 11 is 0. The predicted molar refractivity (Wildman–Crippen MR) is 102 cm³/mol. The first-order valence-electron chi connectivity index (χ1n) is 8.55. The number of benzene rings is 1. The van der Waals surface area contributed by atoms with E-state index in [4.69, 9.17) is 18.9 Å². The molecule has 1 aliphatic carbocycles. The van der Waals surface area contributed by atoms with Crippen LogP contribution in [0.4, 0.5) is 8.96 Å². The minimum absolute atomic E-state index is 0.119. The first kappa shape index (κ1) is 21.4. The maximum atomic E-state index is 12.3. The van der Waals surface area contributed by atoms with Crippen molar-refractivity contribution in [2.45, 2.75) is 19.3 Å². The lowest BCUT2D eigenvalue weighted by molar-refractivity contribution is 0.130. The molecule has 0 saturated heterocycles. The highest BCUT2D eigenvalue weighted by Crippen LogP contribution is 2.48. The van der Waals surface area contributed by atoms with Crippen molar-refractivity contribution in [1.82, 2.24) is 5.76 Å². The van der Waals surface area contributed by atoms with E-state index in [1.54, 1.807) is 33.5 Å². The Morgan fingerprint density at radius 1 is 0.821 bits per heavy atom. The highest BCUT2D eigenvalue weighted by atomic mass is 19.4. The largest absolute Gasteiger partial charge is 0.493 e. The molecule has 0 unspecified atom stereocenters. The molecule has 0 saturated carbocycles. The highest BCUT2D eigenvalue weighted by molar-refractivity contribution is 5.82.